The van der Waals surface area contributed by atoms with Gasteiger partial charge in [0.05, 0.1) is 6.61 Å². The second kappa shape index (κ2) is 8.13. The van der Waals surface area contributed by atoms with Gasteiger partial charge in [-0.05, 0) is 50.0 Å². The maximum atomic E-state index is 5.56. The fourth-order valence-electron chi connectivity index (χ4n) is 2.78. The molecule has 1 aromatic rings. The molecule has 0 spiro atoms. The molecule has 1 N–H and O–H groups in total. The highest BCUT2D eigenvalue weighted by atomic mass is 79.9. The van der Waals surface area contributed by atoms with Crippen LogP contribution in [0.4, 0.5) is 0 Å². The molecule has 1 heterocycles. The van der Waals surface area contributed by atoms with Crippen molar-refractivity contribution in [3.05, 3.63) is 33.8 Å². The van der Waals surface area contributed by atoms with E-state index in [0.29, 0.717) is 5.92 Å². The maximum absolute atomic E-state index is 5.56. The van der Waals surface area contributed by atoms with Crippen LogP contribution >= 0.6 is 15.9 Å². The van der Waals surface area contributed by atoms with Crippen LogP contribution in [0.1, 0.15) is 24.0 Å². The summed E-state index contributed by atoms with van der Waals surface area (Å²) in [6.07, 6.45) is 2.51. The van der Waals surface area contributed by atoms with Crippen LogP contribution in [0.15, 0.2) is 22.7 Å². The van der Waals surface area contributed by atoms with Gasteiger partial charge in [0, 0.05) is 30.7 Å². The molecule has 1 saturated heterocycles. The van der Waals surface area contributed by atoms with E-state index in [4.69, 9.17) is 4.74 Å². The Morgan fingerprint density at radius 2 is 2.30 bits per heavy atom. The van der Waals surface area contributed by atoms with Gasteiger partial charge in [0.15, 0.2) is 0 Å². The first kappa shape index (κ1) is 16.0. The van der Waals surface area contributed by atoms with Gasteiger partial charge >= 0.3 is 0 Å². The van der Waals surface area contributed by atoms with Gasteiger partial charge < -0.3 is 15.0 Å². The quantitative estimate of drug-likeness (QED) is 0.861. The highest BCUT2D eigenvalue weighted by Gasteiger charge is 2.16. The smallest absolute Gasteiger partial charge is 0.0506 e. The van der Waals surface area contributed by atoms with E-state index in [1.54, 1.807) is 0 Å². The Labute approximate surface area is 130 Å². The van der Waals surface area contributed by atoms with E-state index in [-0.39, 0.29) is 0 Å². The van der Waals surface area contributed by atoms with Crippen LogP contribution in [0.25, 0.3) is 0 Å². The van der Waals surface area contributed by atoms with Gasteiger partial charge in [-0.25, -0.2) is 0 Å². The van der Waals surface area contributed by atoms with Gasteiger partial charge in [-0.3, -0.25) is 0 Å². The lowest BCUT2D eigenvalue weighted by Crippen LogP contribution is -2.30. The molecule has 3 nitrogen and oxygen atoms in total. The van der Waals surface area contributed by atoms with Gasteiger partial charge in [0.25, 0.3) is 0 Å². The maximum Gasteiger partial charge on any atom is 0.0506 e. The molecule has 1 aliphatic heterocycles. The fourth-order valence-corrected chi connectivity index (χ4v) is 3.33. The molecule has 0 aliphatic carbocycles. The van der Waals surface area contributed by atoms with Crippen molar-refractivity contribution < 1.29 is 4.74 Å². The van der Waals surface area contributed by atoms with Crippen molar-refractivity contribution >= 4 is 15.9 Å². The molecule has 1 atom stereocenters. The summed E-state index contributed by atoms with van der Waals surface area (Å²) in [5.74, 6) is 0.691. The molecule has 1 unspecified atom stereocenters. The van der Waals surface area contributed by atoms with Crippen molar-refractivity contribution in [3.63, 3.8) is 0 Å². The van der Waals surface area contributed by atoms with Crippen LogP contribution in [0.5, 0.6) is 0 Å². The number of hydrogen-bond donors (Lipinski definition) is 1. The summed E-state index contributed by atoms with van der Waals surface area (Å²) in [7, 11) is 4.17. The minimum absolute atomic E-state index is 0.691. The standard InChI is InChI=1S/C16H25BrN2O/c1-18-9-13-5-6-15(16(17)8-13)11-19(2)10-14-4-3-7-20-12-14/h5-6,8,14,18H,3-4,7,9-12H2,1-2H3. The third kappa shape index (κ3) is 4.85. The first-order valence-electron chi connectivity index (χ1n) is 7.37. The molecule has 1 aliphatic rings. The fraction of sp³-hybridized carbons (Fsp3) is 0.625. The SMILES string of the molecule is CNCc1ccc(CN(C)CC2CCCOC2)c(Br)c1. The predicted octanol–water partition coefficient (Wildman–Crippen LogP) is 3.03. The molecule has 0 amide bonds. The molecular weight excluding hydrogens is 316 g/mol. The van der Waals surface area contributed by atoms with E-state index in [1.807, 2.05) is 7.05 Å². The summed E-state index contributed by atoms with van der Waals surface area (Å²) in [5, 5.41) is 3.18. The third-order valence-corrected chi connectivity index (χ3v) is 4.50. The number of ether oxygens (including phenoxy) is 1. The van der Waals surface area contributed by atoms with E-state index in [9.17, 15) is 0 Å². The van der Waals surface area contributed by atoms with Crippen LogP contribution < -0.4 is 5.32 Å². The Hall–Kier alpha value is -0.420. The van der Waals surface area contributed by atoms with Crippen molar-refractivity contribution in [2.24, 2.45) is 5.92 Å². The first-order chi connectivity index (χ1) is 9.69. The lowest BCUT2D eigenvalue weighted by Gasteiger charge is -2.27. The molecule has 4 heteroatoms. The zero-order chi connectivity index (χ0) is 14.4. The summed E-state index contributed by atoms with van der Waals surface area (Å²) in [5.41, 5.74) is 2.66. The van der Waals surface area contributed by atoms with Gasteiger partial charge in [-0.15, -0.1) is 0 Å². The summed E-state index contributed by atoms with van der Waals surface area (Å²) in [6.45, 7) is 4.88. The van der Waals surface area contributed by atoms with E-state index in [0.717, 1.165) is 32.8 Å². The van der Waals surface area contributed by atoms with Crippen molar-refractivity contribution in [2.75, 3.05) is 33.9 Å². The number of halogens is 1. The first-order valence-corrected chi connectivity index (χ1v) is 8.16. The molecule has 20 heavy (non-hydrogen) atoms. The minimum Gasteiger partial charge on any atom is -0.381 e. The van der Waals surface area contributed by atoms with Crippen molar-refractivity contribution in [1.82, 2.24) is 10.2 Å². The lowest BCUT2D eigenvalue weighted by molar-refractivity contribution is 0.0411. The van der Waals surface area contributed by atoms with E-state index in [1.165, 1.54) is 28.4 Å². The lowest BCUT2D eigenvalue weighted by atomic mass is 10.0. The molecule has 0 bridgehead atoms. The third-order valence-electron chi connectivity index (χ3n) is 3.76. The summed E-state index contributed by atoms with van der Waals surface area (Å²) >= 11 is 3.69. The number of rotatable bonds is 6. The highest BCUT2D eigenvalue weighted by molar-refractivity contribution is 9.10. The van der Waals surface area contributed by atoms with Crippen molar-refractivity contribution in [1.29, 1.82) is 0 Å². The van der Waals surface area contributed by atoms with Crippen molar-refractivity contribution in [3.8, 4) is 0 Å². The number of nitrogens with zero attached hydrogens (tertiary/aromatic N) is 1. The molecule has 1 fully saturated rings. The van der Waals surface area contributed by atoms with Gasteiger partial charge in [-0.1, -0.05) is 28.1 Å². The summed E-state index contributed by atoms with van der Waals surface area (Å²) < 4.78 is 6.76. The Morgan fingerprint density at radius 1 is 1.45 bits per heavy atom. The molecule has 0 aromatic heterocycles. The normalized spacial score (nSPS) is 19.5. The molecular formula is C16H25BrN2O. The summed E-state index contributed by atoms with van der Waals surface area (Å²) in [6, 6.07) is 6.64. The molecule has 1 aromatic carbocycles. The summed E-state index contributed by atoms with van der Waals surface area (Å²) in [4.78, 5) is 2.40. The molecule has 2 rings (SSSR count). The van der Waals surface area contributed by atoms with Gasteiger partial charge in [-0.2, -0.15) is 0 Å². The molecule has 0 radical (unpaired) electrons. The average molecular weight is 341 g/mol. The minimum atomic E-state index is 0.691. The average Bonchev–Trinajstić information content (AvgIpc) is 2.43. The Balaban J connectivity index is 1.88. The van der Waals surface area contributed by atoms with E-state index >= 15 is 0 Å². The number of benzene rings is 1. The van der Waals surface area contributed by atoms with Crippen LogP contribution in [-0.2, 0) is 17.8 Å². The second-order valence-corrected chi connectivity index (χ2v) is 6.59. The monoisotopic (exact) mass is 340 g/mol. The largest absolute Gasteiger partial charge is 0.381 e. The van der Waals surface area contributed by atoms with Gasteiger partial charge in [0.1, 0.15) is 0 Å². The highest BCUT2D eigenvalue weighted by Crippen LogP contribution is 2.21. The molecule has 112 valence electrons. The Kier molecular flexibility index (Phi) is 6.49. The van der Waals surface area contributed by atoms with Crippen LogP contribution in [0.3, 0.4) is 0 Å². The number of hydrogen-bond acceptors (Lipinski definition) is 3. The predicted molar refractivity (Wildman–Crippen MR) is 86.8 cm³/mol. The Morgan fingerprint density at radius 3 is 2.95 bits per heavy atom. The Bertz CT molecular complexity index is 419. The second-order valence-electron chi connectivity index (χ2n) is 5.74. The van der Waals surface area contributed by atoms with Crippen molar-refractivity contribution in [2.45, 2.75) is 25.9 Å². The van der Waals surface area contributed by atoms with Crippen LogP contribution in [0.2, 0.25) is 0 Å². The van der Waals surface area contributed by atoms with Crippen LogP contribution in [0, 0.1) is 5.92 Å². The zero-order valence-electron chi connectivity index (χ0n) is 12.5. The number of nitrogens with one attached hydrogen (secondary N) is 1. The van der Waals surface area contributed by atoms with Gasteiger partial charge in [0.2, 0.25) is 0 Å². The van der Waals surface area contributed by atoms with E-state index in [2.05, 4.69) is 51.4 Å². The van der Waals surface area contributed by atoms with Crippen LogP contribution in [-0.4, -0.2) is 38.8 Å². The van der Waals surface area contributed by atoms with E-state index < -0.39 is 0 Å². The zero-order valence-corrected chi connectivity index (χ0v) is 14.1. The topological polar surface area (TPSA) is 24.5 Å². The molecule has 0 saturated carbocycles.